The first-order chi connectivity index (χ1) is 12.6. The molecule has 0 aliphatic rings. The molecule has 0 unspecified atom stereocenters. The lowest BCUT2D eigenvalue weighted by Crippen LogP contribution is -2.43. The van der Waals surface area contributed by atoms with Crippen LogP contribution >= 0.6 is 11.8 Å². The summed E-state index contributed by atoms with van der Waals surface area (Å²) in [6.07, 6.45) is -0.765. The molecule has 0 spiro atoms. The second-order valence-corrected chi connectivity index (χ2v) is 14.2. The monoisotopic (exact) mass is 402 g/mol. The number of rotatable bonds is 7. The van der Waals surface area contributed by atoms with Gasteiger partial charge >= 0.3 is 0 Å². The molecule has 0 aliphatic carbocycles. The summed E-state index contributed by atoms with van der Waals surface area (Å²) in [5.41, 5.74) is 1.57. The van der Waals surface area contributed by atoms with Gasteiger partial charge in [0.15, 0.2) is 8.32 Å². The highest BCUT2D eigenvalue weighted by atomic mass is 32.2. The molecule has 0 aromatic heterocycles. The molecule has 0 aliphatic heterocycles. The first kappa shape index (κ1) is 21.9. The number of hydrogen-bond acceptors (Lipinski definition) is 4. The van der Waals surface area contributed by atoms with E-state index in [1.807, 2.05) is 48.5 Å². The van der Waals surface area contributed by atoms with Crippen molar-refractivity contribution in [2.75, 3.05) is 6.61 Å². The van der Waals surface area contributed by atoms with Gasteiger partial charge in [0.1, 0.15) is 0 Å². The maximum Gasteiger partial charge on any atom is 0.220 e. The summed E-state index contributed by atoms with van der Waals surface area (Å²) in [7, 11) is -1.97. The molecule has 2 rings (SSSR count). The van der Waals surface area contributed by atoms with Gasteiger partial charge < -0.3 is 9.53 Å². The van der Waals surface area contributed by atoms with E-state index in [1.54, 1.807) is 12.1 Å². The smallest absolute Gasteiger partial charge is 0.220 e. The molecule has 27 heavy (non-hydrogen) atoms. The third-order valence-corrected chi connectivity index (χ3v) is 10.9. The van der Waals surface area contributed by atoms with E-state index in [1.165, 1.54) is 0 Å². The summed E-state index contributed by atoms with van der Waals surface area (Å²) >= 11 is 1.16. The van der Waals surface area contributed by atoms with Crippen LogP contribution in [0.25, 0.3) is 0 Å². The van der Waals surface area contributed by atoms with E-state index in [-0.39, 0.29) is 22.0 Å². The lowest BCUT2D eigenvalue weighted by Gasteiger charge is -2.37. The van der Waals surface area contributed by atoms with Crippen molar-refractivity contribution in [3.8, 4) is 0 Å². The molecule has 0 fully saturated rings. The minimum absolute atomic E-state index is 0.0455. The molecule has 2 aromatic carbocycles. The van der Waals surface area contributed by atoms with Crippen molar-refractivity contribution in [1.82, 2.24) is 0 Å². The fourth-order valence-electron chi connectivity index (χ4n) is 2.37. The number of hydrogen-bond donors (Lipinski definition) is 1. The Morgan fingerprint density at radius 3 is 2.07 bits per heavy atom. The first-order valence-corrected chi connectivity index (χ1v) is 13.0. The molecule has 146 valence electrons. The van der Waals surface area contributed by atoms with Crippen LogP contribution in [0.1, 0.15) is 41.9 Å². The Balaban J connectivity index is 2.16. The second-order valence-electron chi connectivity index (χ2n) is 8.24. The maximum atomic E-state index is 12.7. The van der Waals surface area contributed by atoms with Gasteiger partial charge in [-0.15, -0.1) is 0 Å². The van der Waals surface area contributed by atoms with Gasteiger partial charge in [-0.3, -0.25) is 4.79 Å². The number of carbonyl (C=O) groups excluding carboxylic acids is 1. The molecule has 5 heteroatoms. The van der Waals surface area contributed by atoms with Crippen molar-refractivity contribution in [3.63, 3.8) is 0 Å². The molecular formula is C22H30O3SSi. The van der Waals surface area contributed by atoms with Crippen LogP contribution in [0.3, 0.4) is 0 Å². The van der Waals surface area contributed by atoms with Crippen LogP contribution in [0.15, 0.2) is 60.7 Å². The molecular weight excluding hydrogens is 372 g/mol. The minimum atomic E-state index is -1.97. The predicted octanol–water partition coefficient (Wildman–Crippen LogP) is 5.68. The van der Waals surface area contributed by atoms with Crippen LogP contribution in [0.4, 0.5) is 0 Å². The zero-order valence-corrected chi connectivity index (χ0v) is 18.6. The van der Waals surface area contributed by atoms with Gasteiger partial charge in [-0.1, -0.05) is 93.2 Å². The Bertz CT molecular complexity index is 726. The maximum absolute atomic E-state index is 12.7. The highest BCUT2D eigenvalue weighted by molar-refractivity contribution is 8.14. The first-order valence-electron chi connectivity index (χ1n) is 9.25. The van der Waals surface area contributed by atoms with Gasteiger partial charge in [-0.2, -0.15) is 0 Å². The predicted molar refractivity (Wildman–Crippen MR) is 117 cm³/mol. The Hall–Kier alpha value is -1.40. The number of benzene rings is 2. The molecule has 2 atom stereocenters. The van der Waals surface area contributed by atoms with Crippen LogP contribution in [0.2, 0.25) is 18.1 Å². The van der Waals surface area contributed by atoms with Crippen molar-refractivity contribution < 1.29 is 14.3 Å². The SMILES string of the molecule is CC(C)(C)[Si](C)(C)OC[C@H](O)[C@H](SC(=O)c1ccccc1)c1ccccc1. The van der Waals surface area contributed by atoms with Crippen molar-refractivity contribution in [2.45, 2.75) is 50.3 Å². The number of aliphatic hydroxyl groups excluding tert-OH is 1. The summed E-state index contributed by atoms with van der Waals surface area (Å²) in [5.74, 6) is 0. The lowest BCUT2D eigenvalue weighted by atomic mass is 10.1. The van der Waals surface area contributed by atoms with Crippen LogP contribution in [-0.2, 0) is 4.43 Å². The highest BCUT2D eigenvalue weighted by Gasteiger charge is 2.38. The summed E-state index contributed by atoms with van der Waals surface area (Å²) in [4.78, 5) is 12.7. The summed E-state index contributed by atoms with van der Waals surface area (Å²) in [5, 5.41) is 10.6. The van der Waals surface area contributed by atoms with E-state index in [0.717, 1.165) is 17.3 Å². The van der Waals surface area contributed by atoms with E-state index < -0.39 is 14.4 Å². The summed E-state index contributed by atoms with van der Waals surface area (Å²) in [6, 6.07) is 18.9. The molecule has 0 heterocycles. The fourth-order valence-corrected chi connectivity index (χ4v) is 4.42. The minimum Gasteiger partial charge on any atom is -0.414 e. The topological polar surface area (TPSA) is 46.5 Å². The molecule has 1 N–H and O–H groups in total. The van der Waals surface area contributed by atoms with Crippen LogP contribution in [-0.4, -0.2) is 31.3 Å². The number of aliphatic hydroxyl groups is 1. The van der Waals surface area contributed by atoms with Crippen LogP contribution < -0.4 is 0 Å². The van der Waals surface area contributed by atoms with Gasteiger partial charge in [-0.05, 0) is 23.7 Å². The molecule has 3 nitrogen and oxygen atoms in total. The summed E-state index contributed by atoms with van der Waals surface area (Å²) < 4.78 is 6.21. The van der Waals surface area contributed by atoms with Gasteiger partial charge in [0.25, 0.3) is 0 Å². The molecule has 2 aromatic rings. The van der Waals surface area contributed by atoms with Crippen LogP contribution in [0.5, 0.6) is 0 Å². The zero-order chi connectivity index (χ0) is 20.1. The van der Waals surface area contributed by atoms with Crippen molar-refractivity contribution in [3.05, 3.63) is 71.8 Å². The fraction of sp³-hybridized carbons (Fsp3) is 0.409. The largest absolute Gasteiger partial charge is 0.414 e. The Morgan fingerprint density at radius 1 is 1.04 bits per heavy atom. The molecule has 0 amide bonds. The molecule has 0 bridgehead atoms. The highest BCUT2D eigenvalue weighted by Crippen LogP contribution is 2.39. The molecule has 0 saturated carbocycles. The number of carbonyl (C=O) groups is 1. The number of thioether (sulfide) groups is 1. The normalized spacial score (nSPS) is 14.6. The van der Waals surface area contributed by atoms with Crippen molar-refractivity contribution >= 4 is 25.2 Å². The quantitative estimate of drug-likeness (QED) is 0.605. The van der Waals surface area contributed by atoms with Gasteiger partial charge in [0.2, 0.25) is 5.12 Å². The second kappa shape index (κ2) is 9.19. The lowest BCUT2D eigenvalue weighted by molar-refractivity contribution is 0.0960. The zero-order valence-electron chi connectivity index (χ0n) is 16.8. The molecule has 0 radical (unpaired) electrons. The van der Waals surface area contributed by atoms with E-state index in [2.05, 4.69) is 33.9 Å². The van der Waals surface area contributed by atoms with Crippen molar-refractivity contribution in [1.29, 1.82) is 0 Å². The Kier molecular flexibility index (Phi) is 7.45. The Morgan fingerprint density at radius 2 is 1.56 bits per heavy atom. The third kappa shape index (κ3) is 6.04. The average molecular weight is 403 g/mol. The average Bonchev–Trinajstić information content (AvgIpc) is 2.64. The standard InChI is InChI=1S/C22H30O3SSi/c1-22(2,3)27(4,5)25-16-19(23)20(17-12-8-6-9-13-17)26-21(24)18-14-10-7-11-15-18/h6-15,19-20,23H,16H2,1-5H3/t19-,20+/m0/s1. The van der Waals surface area contributed by atoms with E-state index in [0.29, 0.717) is 5.56 Å². The van der Waals surface area contributed by atoms with Gasteiger partial charge in [-0.25, -0.2) is 0 Å². The third-order valence-electron chi connectivity index (χ3n) is 5.14. The summed E-state index contributed by atoms with van der Waals surface area (Å²) in [6.45, 7) is 11.1. The van der Waals surface area contributed by atoms with E-state index in [4.69, 9.17) is 4.43 Å². The van der Waals surface area contributed by atoms with E-state index in [9.17, 15) is 9.90 Å². The Labute approximate surface area is 168 Å². The van der Waals surface area contributed by atoms with Gasteiger partial charge in [0.05, 0.1) is 18.0 Å². The van der Waals surface area contributed by atoms with Crippen LogP contribution in [0, 0.1) is 0 Å². The van der Waals surface area contributed by atoms with E-state index >= 15 is 0 Å². The van der Waals surface area contributed by atoms with Gasteiger partial charge in [0, 0.05) is 5.56 Å². The van der Waals surface area contributed by atoms with Crippen molar-refractivity contribution in [2.24, 2.45) is 0 Å². The molecule has 0 saturated heterocycles.